The minimum absolute atomic E-state index is 0.314. The van der Waals surface area contributed by atoms with Crippen LogP contribution in [0.15, 0.2) is 0 Å². The summed E-state index contributed by atoms with van der Waals surface area (Å²) in [5.74, 6) is -4.90. The fourth-order valence-electron chi connectivity index (χ4n) is 2.59. The van der Waals surface area contributed by atoms with Gasteiger partial charge < -0.3 is 31.9 Å². The molecule has 4 unspecified atom stereocenters. The molecule has 31 heavy (non-hydrogen) atoms. The van der Waals surface area contributed by atoms with Gasteiger partial charge in [-0.2, -0.15) is 11.8 Å². The van der Waals surface area contributed by atoms with Gasteiger partial charge in [-0.15, -0.1) is 0 Å². The zero-order chi connectivity index (χ0) is 24.3. The van der Waals surface area contributed by atoms with Crippen molar-refractivity contribution in [1.82, 2.24) is 16.0 Å². The van der Waals surface area contributed by atoms with E-state index in [0.29, 0.717) is 12.2 Å². The maximum atomic E-state index is 12.8. The van der Waals surface area contributed by atoms with Gasteiger partial charge in [0.1, 0.15) is 18.1 Å². The SMILES string of the molecule is CSCCC(N)C(=O)NC(C(=O)NC(C(=O)NC(CC(=O)O)C(=O)O)C(C)C)C(C)C. The van der Waals surface area contributed by atoms with Gasteiger partial charge in [-0.1, -0.05) is 27.7 Å². The molecule has 0 heterocycles. The molecule has 0 aromatic heterocycles. The number of nitrogens with one attached hydrogen (secondary N) is 3. The summed E-state index contributed by atoms with van der Waals surface area (Å²) >= 11 is 1.54. The average molecular weight is 463 g/mol. The van der Waals surface area contributed by atoms with Gasteiger partial charge in [-0.05, 0) is 30.3 Å². The quantitative estimate of drug-likeness (QED) is 0.196. The minimum Gasteiger partial charge on any atom is -0.481 e. The van der Waals surface area contributed by atoms with Crippen molar-refractivity contribution >= 4 is 41.4 Å². The number of nitrogens with two attached hydrogens (primary N) is 1. The number of amides is 3. The molecule has 7 N–H and O–H groups in total. The van der Waals surface area contributed by atoms with Crippen LogP contribution in [0.2, 0.25) is 0 Å². The van der Waals surface area contributed by atoms with E-state index in [4.69, 9.17) is 15.9 Å². The molecule has 4 atom stereocenters. The summed E-state index contributed by atoms with van der Waals surface area (Å²) in [6.45, 7) is 6.71. The maximum Gasteiger partial charge on any atom is 0.326 e. The zero-order valence-electron chi connectivity index (χ0n) is 18.5. The largest absolute Gasteiger partial charge is 0.481 e. The van der Waals surface area contributed by atoms with Crippen LogP contribution in [-0.4, -0.2) is 76.0 Å². The standard InChI is InChI=1S/C19H34N4O7S/c1-9(2)14(17(27)21-12(19(29)30)8-13(24)25)23-18(28)15(10(3)4)22-16(26)11(20)6-7-31-5/h9-12,14-15H,6-8,20H2,1-5H3,(H,21,27)(H,22,26)(H,23,28)(H,24,25)(H,29,30). The fraction of sp³-hybridized carbons (Fsp3) is 0.737. The van der Waals surface area contributed by atoms with Crippen molar-refractivity contribution in [2.24, 2.45) is 17.6 Å². The Hall–Kier alpha value is -2.34. The third-order valence-electron chi connectivity index (χ3n) is 4.46. The number of carboxylic acid groups (broad SMARTS) is 2. The summed E-state index contributed by atoms with van der Waals surface area (Å²) in [6, 6.07) is -4.51. The molecular weight excluding hydrogens is 428 g/mol. The number of hydrogen-bond donors (Lipinski definition) is 6. The third kappa shape index (κ3) is 10.5. The topological polar surface area (TPSA) is 188 Å². The number of thioether (sulfide) groups is 1. The summed E-state index contributed by atoms with van der Waals surface area (Å²) < 4.78 is 0. The molecule has 0 aliphatic heterocycles. The summed E-state index contributed by atoms with van der Waals surface area (Å²) in [5, 5.41) is 25.2. The number of hydrogen-bond acceptors (Lipinski definition) is 7. The highest BCUT2D eigenvalue weighted by Crippen LogP contribution is 2.08. The molecule has 0 saturated carbocycles. The maximum absolute atomic E-state index is 12.8. The van der Waals surface area contributed by atoms with E-state index in [2.05, 4.69) is 16.0 Å². The minimum atomic E-state index is -1.64. The van der Waals surface area contributed by atoms with Gasteiger partial charge in [0.2, 0.25) is 17.7 Å². The van der Waals surface area contributed by atoms with E-state index < -0.39 is 66.2 Å². The molecule has 0 radical (unpaired) electrons. The van der Waals surface area contributed by atoms with Gasteiger partial charge in [-0.3, -0.25) is 19.2 Å². The van der Waals surface area contributed by atoms with Crippen LogP contribution in [-0.2, 0) is 24.0 Å². The molecule has 0 aliphatic carbocycles. The summed E-state index contributed by atoms with van der Waals surface area (Å²) in [6.07, 6.45) is 1.52. The smallest absolute Gasteiger partial charge is 0.326 e. The van der Waals surface area contributed by atoms with Crippen LogP contribution in [0.3, 0.4) is 0 Å². The molecule has 3 amide bonds. The lowest BCUT2D eigenvalue weighted by molar-refractivity contribution is -0.147. The Morgan fingerprint density at radius 2 is 1.29 bits per heavy atom. The van der Waals surface area contributed by atoms with Crippen LogP contribution < -0.4 is 21.7 Å². The monoisotopic (exact) mass is 462 g/mol. The molecule has 11 nitrogen and oxygen atoms in total. The highest BCUT2D eigenvalue weighted by atomic mass is 32.2. The summed E-state index contributed by atoms with van der Waals surface area (Å²) in [4.78, 5) is 59.7. The lowest BCUT2D eigenvalue weighted by Crippen LogP contribution is -2.59. The Labute approximate surface area is 186 Å². The second kappa shape index (κ2) is 13.9. The normalized spacial score (nSPS) is 15.0. The number of rotatable bonds is 14. The van der Waals surface area contributed by atoms with E-state index in [1.54, 1.807) is 39.5 Å². The lowest BCUT2D eigenvalue weighted by Gasteiger charge is -2.28. The van der Waals surface area contributed by atoms with Gasteiger partial charge in [-0.25, -0.2) is 4.79 Å². The Morgan fingerprint density at radius 1 is 0.839 bits per heavy atom. The lowest BCUT2D eigenvalue weighted by atomic mass is 9.99. The van der Waals surface area contributed by atoms with Crippen molar-refractivity contribution in [3.8, 4) is 0 Å². The molecule has 0 spiro atoms. The second-order valence-corrected chi connectivity index (χ2v) is 8.83. The molecule has 0 saturated heterocycles. The van der Waals surface area contributed by atoms with E-state index in [1.807, 2.05) is 6.26 Å². The number of carboxylic acids is 2. The average Bonchev–Trinajstić information content (AvgIpc) is 2.66. The third-order valence-corrected chi connectivity index (χ3v) is 5.10. The number of carbonyl (C=O) groups excluding carboxylic acids is 3. The molecule has 0 aromatic carbocycles. The van der Waals surface area contributed by atoms with Crippen molar-refractivity contribution in [2.45, 2.75) is 64.7 Å². The van der Waals surface area contributed by atoms with Crippen LogP contribution in [0, 0.1) is 11.8 Å². The molecule has 0 rings (SSSR count). The molecule has 178 valence electrons. The summed E-state index contributed by atoms with van der Waals surface area (Å²) in [7, 11) is 0. The van der Waals surface area contributed by atoms with Crippen LogP contribution in [0.5, 0.6) is 0 Å². The highest BCUT2D eigenvalue weighted by molar-refractivity contribution is 7.98. The van der Waals surface area contributed by atoms with Gasteiger partial charge in [0.25, 0.3) is 0 Å². The van der Waals surface area contributed by atoms with E-state index in [0.717, 1.165) is 0 Å². The van der Waals surface area contributed by atoms with E-state index in [9.17, 15) is 24.0 Å². The number of aliphatic carboxylic acids is 2. The Balaban J connectivity index is 5.31. The Kier molecular flexibility index (Phi) is 12.8. The molecular formula is C19H34N4O7S. The van der Waals surface area contributed by atoms with E-state index in [1.165, 1.54) is 0 Å². The number of carbonyl (C=O) groups is 5. The zero-order valence-corrected chi connectivity index (χ0v) is 19.3. The fourth-order valence-corrected chi connectivity index (χ4v) is 3.08. The van der Waals surface area contributed by atoms with Crippen LogP contribution in [0.25, 0.3) is 0 Å². The molecule has 0 aromatic rings. The Morgan fingerprint density at radius 3 is 1.68 bits per heavy atom. The van der Waals surface area contributed by atoms with Crippen molar-refractivity contribution in [3.63, 3.8) is 0 Å². The molecule has 0 bridgehead atoms. The predicted molar refractivity (Wildman–Crippen MR) is 116 cm³/mol. The predicted octanol–water partition coefficient (Wildman–Crippen LogP) is -0.607. The van der Waals surface area contributed by atoms with E-state index >= 15 is 0 Å². The summed E-state index contributed by atoms with van der Waals surface area (Å²) in [5.41, 5.74) is 5.85. The van der Waals surface area contributed by atoms with Gasteiger partial charge in [0.15, 0.2) is 0 Å². The van der Waals surface area contributed by atoms with Crippen molar-refractivity contribution in [1.29, 1.82) is 0 Å². The first-order valence-corrected chi connectivity index (χ1v) is 11.3. The van der Waals surface area contributed by atoms with Gasteiger partial charge >= 0.3 is 11.9 Å². The van der Waals surface area contributed by atoms with Crippen LogP contribution in [0.4, 0.5) is 0 Å². The first-order valence-electron chi connectivity index (χ1n) is 9.91. The van der Waals surface area contributed by atoms with Crippen molar-refractivity contribution in [3.05, 3.63) is 0 Å². The molecule has 12 heteroatoms. The molecule has 0 fully saturated rings. The van der Waals surface area contributed by atoms with E-state index in [-0.39, 0.29) is 5.92 Å². The second-order valence-electron chi connectivity index (χ2n) is 7.85. The van der Waals surface area contributed by atoms with Crippen LogP contribution >= 0.6 is 11.8 Å². The highest BCUT2D eigenvalue weighted by Gasteiger charge is 2.33. The van der Waals surface area contributed by atoms with Gasteiger partial charge in [0, 0.05) is 0 Å². The van der Waals surface area contributed by atoms with Gasteiger partial charge in [0.05, 0.1) is 12.5 Å². The van der Waals surface area contributed by atoms with Crippen LogP contribution in [0.1, 0.15) is 40.5 Å². The first-order chi connectivity index (χ1) is 14.3. The molecule has 0 aliphatic rings. The Bertz CT molecular complexity index is 657. The van der Waals surface area contributed by atoms with Crippen molar-refractivity contribution < 1.29 is 34.2 Å². The van der Waals surface area contributed by atoms with Crippen molar-refractivity contribution in [2.75, 3.05) is 12.0 Å². The first kappa shape index (κ1) is 28.7.